The first-order valence-corrected chi connectivity index (χ1v) is 8.15. The minimum absolute atomic E-state index is 0.0840. The molecule has 0 atom stereocenters. The summed E-state index contributed by atoms with van der Waals surface area (Å²) in [5, 5.41) is 0. The van der Waals surface area contributed by atoms with Crippen LogP contribution in [-0.4, -0.2) is 16.1 Å². The van der Waals surface area contributed by atoms with Gasteiger partial charge in [-0.3, -0.25) is 4.79 Å². The second-order valence-electron chi connectivity index (χ2n) is 5.12. The molecular formula is C16H19IN2O2. The van der Waals surface area contributed by atoms with E-state index < -0.39 is 0 Å². The zero-order valence-electron chi connectivity index (χ0n) is 12.4. The number of H-pyrrole nitrogens is 1. The molecule has 1 N–H and O–H groups in total. The Hall–Kier alpha value is -1.37. The minimum atomic E-state index is -0.0840. The van der Waals surface area contributed by atoms with Gasteiger partial charge < -0.3 is 9.72 Å². The van der Waals surface area contributed by atoms with E-state index in [0.29, 0.717) is 9.39 Å². The Kier molecular flexibility index (Phi) is 5.39. The summed E-state index contributed by atoms with van der Waals surface area (Å²) in [5.41, 5.74) is 1.63. The molecule has 5 heteroatoms. The maximum atomic E-state index is 12.0. The van der Waals surface area contributed by atoms with Crippen molar-refractivity contribution >= 4 is 22.6 Å². The van der Waals surface area contributed by atoms with Gasteiger partial charge in [0.05, 0.1) is 15.4 Å². The zero-order valence-corrected chi connectivity index (χ0v) is 14.6. The summed E-state index contributed by atoms with van der Waals surface area (Å²) in [4.78, 5) is 19.5. The van der Waals surface area contributed by atoms with Crippen molar-refractivity contribution in [2.24, 2.45) is 0 Å². The Morgan fingerprint density at radius 2 is 2.14 bits per heavy atom. The topological polar surface area (TPSA) is 55.0 Å². The predicted molar refractivity (Wildman–Crippen MR) is 92.8 cm³/mol. The van der Waals surface area contributed by atoms with E-state index in [2.05, 4.69) is 39.5 Å². The molecule has 0 fully saturated rings. The molecule has 2 rings (SSSR count). The standard InChI is InChI=1S/C16H19IN2O2/c1-4-6-13-14(17)16(20)19-15(18-13)11-7-5-8-12(9-11)21-10(2)3/h5,7-10H,4,6H2,1-3H3,(H,18,19,20). The van der Waals surface area contributed by atoms with E-state index in [9.17, 15) is 4.79 Å². The number of hydrogen-bond donors (Lipinski definition) is 1. The lowest BCUT2D eigenvalue weighted by Crippen LogP contribution is -2.16. The molecule has 0 aliphatic heterocycles. The summed E-state index contributed by atoms with van der Waals surface area (Å²) < 4.78 is 6.36. The molecule has 0 radical (unpaired) electrons. The summed E-state index contributed by atoms with van der Waals surface area (Å²) >= 11 is 2.06. The van der Waals surface area contributed by atoms with Gasteiger partial charge in [0.1, 0.15) is 11.6 Å². The second kappa shape index (κ2) is 7.06. The van der Waals surface area contributed by atoms with Gasteiger partial charge in [-0.2, -0.15) is 0 Å². The van der Waals surface area contributed by atoms with E-state index in [1.165, 1.54) is 0 Å². The summed E-state index contributed by atoms with van der Waals surface area (Å²) in [6.07, 6.45) is 1.87. The van der Waals surface area contributed by atoms with Crippen LogP contribution in [0.1, 0.15) is 32.9 Å². The van der Waals surface area contributed by atoms with Gasteiger partial charge >= 0.3 is 0 Å². The molecule has 0 spiro atoms. The smallest absolute Gasteiger partial charge is 0.264 e. The maximum absolute atomic E-state index is 12.0. The number of hydrogen-bond acceptors (Lipinski definition) is 3. The SMILES string of the molecule is CCCc1nc(-c2cccc(OC(C)C)c2)[nH]c(=O)c1I. The number of nitrogens with zero attached hydrogens (tertiary/aromatic N) is 1. The van der Waals surface area contributed by atoms with E-state index in [-0.39, 0.29) is 11.7 Å². The third-order valence-electron chi connectivity index (χ3n) is 2.90. The van der Waals surface area contributed by atoms with Crippen molar-refractivity contribution in [1.82, 2.24) is 9.97 Å². The Morgan fingerprint density at radius 1 is 1.38 bits per heavy atom. The highest BCUT2D eigenvalue weighted by Crippen LogP contribution is 2.22. The van der Waals surface area contributed by atoms with E-state index in [4.69, 9.17) is 4.74 Å². The van der Waals surface area contributed by atoms with Crippen molar-refractivity contribution < 1.29 is 4.74 Å². The normalized spacial score (nSPS) is 10.9. The van der Waals surface area contributed by atoms with Gasteiger partial charge in [-0.25, -0.2) is 4.98 Å². The third kappa shape index (κ3) is 4.06. The highest BCUT2D eigenvalue weighted by atomic mass is 127. The van der Waals surface area contributed by atoms with Gasteiger partial charge in [-0.15, -0.1) is 0 Å². The molecule has 0 amide bonds. The lowest BCUT2D eigenvalue weighted by Gasteiger charge is -2.11. The quantitative estimate of drug-likeness (QED) is 0.780. The van der Waals surface area contributed by atoms with Crippen molar-refractivity contribution in [1.29, 1.82) is 0 Å². The second-order valence-corrected chi connectivity index (χ2v) is 6.20. The molecule has 2 aromatic rings. The molecular weight excluding hydrogens is 379 g/mol. The number of rotatable bonds is 5. The average Bonchev–Trinajstić information content (AvgIpc) is 2.43. The molecule has 4 nitrogen and oxygen atoms in total. The van der Waals surface area contributed by atoms with Crippen LogP contribution >= 0.6 is 22.6 Å². The third-order valence-corrected chi connectivity index (χ3v) is 4.01. The summed E-state index contributed by atoms with van der Waals surface area (Å²) in [7, 11) is 0. The molecule has 1 aromatic carbocycles. The van der Waals surface area contributed by atoms with Crippen molar-refractivity contribution in [3.63, 3.8) is 0 Å². The van der Waals surface area contributed by atoms with Crippen molar-refractivity contribution in [3.05, 3.63) is 43.9 Å². The van der Waals surface area contributed by atoms with Crippen LogP contribution in [0.25, 0.3) is 11.4 Å². The monoisotopic (exact) mass is 398 g/mol. The van der Waals surface area contributed by atoms with E-state index in [0.717, 1.165) is 29.8 Å². The molecule has 0 aliphatic rings. The number of benzene rings is 1. The number of ether oxygens (including phenoxy) is 1. The molecule has 0 saturated heterocycles. The first-order chi connectivity index (χ1) is 10.0. The molecule has 0 bridgehead atoms. The number of aromatic amines is 1. The predicted octanol–water partition coefficient (Wildman–Crippen LogP) is 3.78. The van der Waals surface area contributed by atoms with Gasteiger partial charge in [0.15, 0.2) is 0 Å². The number of aryl methyl sites for hydroxylation is 1. The van der Waals surface area contributed by atoms with Crippen LogP contribution in [0.4, 0.5) is 0 Å². The van der Waals surface area contributed by atoms with Crippen LogP contribution < -0.4 is 10.3 Å². The van der Waals surface area contributed by atoms with E-state index >= 15 is 0 Å². The lowest BCUT2D eigenvalue weighted by atomic mass is 10.2. The van der Waals surface area contributed by atoms with E-state index in [1.54, 1.807) is 0 Å². The Bertz CT molecular complexity index is 680. The largest absolute Gasteiger partial charge is 0.491 e. The Balaban J connectivity index is 2.44. The fourth-order valence-corrected chi connectivity index (χ4v) is 2.56. The number of halogens is 1. The molecule has 112 valence electrons. The number of nitrogens with one attached hydrogen (secondary N) is 1. The lowest BCUT2D eigenvalue weighted by molar-refractivity contribution is 0.242. The fraction of sp³-hybridized carbons (Fsp3) is 0.375. The van der Waals surface area contributed by atoms with Crippen molar-refractivity contribution in [2.45, 2.75) is 39.7 Å². The summed E-state index contributed by atoms with van der Waals surface area (Å²) in [6.45, 7) is 6.05. The highest BCUT2D eigenvalue weighted by Gasteiger charge is 2.10. The number of aromatic nitrogens is 2. The van der Waals surface area contributed by atoms with E-state index in [1.807, 2.05) is 38.1 Å². The zero-order chi connectivity index (χ0) is 15.4. The maximum Gasteiger partial charge on any atom is 0.264 e. The van der Waals surface area contributed by atoms with Gasteiger partial charge in [0.25, 0.3) is 5.56 Å². The fourth-order valence-electron chi connectivity index (χ4n) is 2.03. The molecule has 1 heterocycles. The van der Waals surface area contributed by atoms with Crippen LogP contribution in [0, 0.1) is 3.57 Å². The van der Waals surface area contributed by atoms with Crippen LogP contribution in [-0.2, 0) is 6.42 Å². The first-order valence-electron chi connectivity index (χ1n) is 7.07. The van der Waals surface area contributed by atoms with Crippen LogP contribution in [0.5, 0.6) is 5.75 Å². The van der Waals surface area contributed by atoms with Gasteiger partial charge in [-0.1, -0.05) is 25.5 Å². The molecule has 0 unspecified atom stereocenters. The Morgan fingerprint density at radius 3 is 2.81 bits per heavy atom. The Labute approximate surface area is 138 Å². The van der Waals surface area contributed by atoms with Crippen LogP contribution in [0.15, 0.2) is 29.1 Å². The molecule has 1 aromatic heterocycles. The summed E-state index contributed by atoms with van der Waals surface area (Å²) in [5.74, 6) is 1.37. The molecule has 0 saturated carbocycles. The van der Waals surface area contributed by atoms with Gasteiger partial charge in [0.2, 0.25) is 0 Å². The van der Waals surface area contributed by atoms with Crippen molar-refractivity contribution in [3.8, 4) is 17.1 Å². The average molecular weight is 398 g/mol. The summed E-state index contributed by atoms with van der Waals surface area (Å²) in [6, 6.07) is 7.64. The van der Waals surface area contributed by atoms with Crippen LogP contribution in [0.3, 0.4) is 0 Å². The molecule has 0 aliphatic carbocycles. The van der Waals surface area contributed by atoms with Gasteiger partial charge in [0, 0.05) is 5.56 Å². The van der Waals surface area contributed by atoms with Gasteiger partial charge in [-0.05, 0) is 55.0 Å². The van der Waals surface area contributed by atoms with Crippen LogP contribution in [0.2, 0.25) is 0 Å². The minimum Gasteiger partial charge on any atom is -0.491 e. The highest BCUT2D eigenvalue weighted by molar-refractivity contribution is 14.1. The van der Waals surface area contributed by atoms with Crippen molar-refractivity contribution in [2.75, 3.05) is 0 Å². The first kappa shape index (κ1) is 16.0. The molecule has 21 heavy (non-hydrogen) atoms.